The molecule has 0 aliphatic heterocycles. The highest BCUT2D eigenvalue weighted by molar-refractivity contribution is 7.77. The Hall–Kier alpha value is 0.0300. The predicted molar refractivity (Wildman–Crippen MR) is 44.3 cm³/mol. The Morgan fingerprint density at radius 2 is 2.18 bits per heavy atom. The van der Waals surface area contributed by atoms with Crippen LogP contribution < -0.4 is 4.72 Å². The molecule has 0 heterocycles. The summed E-state index contributed by atoms with van der Waals surface area (Å²) in [6.45, 7) is 2.04. The Bertz CT molecular complexity index is 114. The molecule has 2 unspecified atom stereocenters. The zero-order valence-corrected chi connectivity index (χ0v) is 7.43. The Balaban J connectivity index is 3.59. The van der Waals surface area contributed by atoms with E-state index in [1.165, 1.54) is 0 Å². The van der Waals surface area contributed by atoms with Gasteiger partial charge in [-0.2, -0.15) is 0 Å². The van der Waals surface area contributed by atoms with Crippen LogP contribution in [0.3, 0.4) is 0 Å². The van der Waals surface area contributed by atoms with Crippen LogP contribution in [0, 0.1) is 0 Å². The summed E-state index contributed by atoms with van der Waals surface area (Å²) in [4.78, 5) is 0. The van der Waals surface area contributed by atoms with Crippen LogP contribution in [0.15, 0.2) is 0 Å². The molecule has 3 N–H and O–H groups in total. The van der Waals surface area contributed by atoms with Crippen LogP contribution in [0.1, 0.15) is 26.2 Å². The lowest BCUT2D eigenvalue weighted by Crippen LogP contribution is -2.31. The lowest BCUT2D eigenvalue weighted by atomic mass is 10.1. The van der Waals surface area contributed by atoms with E-state index in [0.29, 0.717) is 6.42 Å². The zero-order chi connectivity index (χ0) is 8.69. The Kier molecular flexibility index (Phi) is 6.74. The second kappa shape index (κ2) is 6.72. The van der Waals surface area contributed by atoms with Gasteiger partial charge in [-0.15, -0.1) is 0 Å². The van der Waals surface area contributed by atoms with Crippen molar-refractivity contribution in [3.05, 3.63) is 0 Å². The summed E-state index contributed by atoms with van der Waals surface area (Å²) in [5, 5.41) is 8.56. The molecule has 11 heavy (non-hydrogen) atoms. The molecule has 0 aromatic carbocycles. The van der Waals surface area contributed by atoms with Crippen LogP contribution in [0.4, 0.5) is 0 Å². The molecule has 0 aliphatic rings. The maximum absolute atomic E-state index is 10.3. The van der Waals surface area contributed by atoms with Crippen molar-refractivity contribution in [2.24, 2.45) is 0 Å². The average Bonchev–Trinajstić information content (AvgIpc) is 1.87. The molecule has 0 bridgehead atoms. The Labute approximate surface area is 69.4 Å². The van der Waals surface area contributed by atoms with Gasteiger partial charge in [0.15, 0.2) is 0 Å². The van der Waals surface area contributed by atoms with Crippen LogP contribution in [-0.2, 0) is 11.3 Å². The molecule has 0 aliphatic carbocycles. The molecule has 5 heteroatoms. The zero-order valence-electron chi connectivity index (χ0n) is 6.62. The van der Waals surface area contributed by atoms with Gasteiger partial charge in [0.2, 0.25) is 11.3 Å². The third kappa shape index (κ3) is 6.43. The van der Waals surface area contributed by atoms with Gasteiger partial charge in [0.1, 0.15) is 0 Å². The number of hydrogen-bond donors (Lipinski definition) is 3. The van der Waals surface area contributed by atoms with E-state index >= 15 is 0 Å². The molecular weight excluding hydrogens is 166 g/mol. The van der Waals surface area contributed by atoms with Gasteiger partial charge in [0.25, 0.3) is 0 Å². The summed E-state index contributed by atoms with van der Waals surface area (Å²) >= 11 is -1.96. The number of nitrogens with one attached hydrogen (secondary N) is 1. The SMILES string of the molecule is CCCC(CCO)NS(=O)O. The van der Waals surface area contributed by atoms with E-state index in [1.807, 2.05) is 6.92 Å². The van der Waals surface area contributed by atoms with Crippen molar-refractivity contribution < 1.29 is 13.9 Å². The lowest BCUT2D eigenvalue weighted by molar-refractivity contribution is 0.268. The third-order valence-corrected chi connectivity index (χ3v) is 1.92. The molecule has 0 amide bonds. The molecule has 0 saturated carbocycles. The maximum Gasteiger partial charge on any atom is 0.231 e. The van der Waals surface area contributed by atoms with Crippen molar-refractivity contribution in [2.45, 2.75) is 32.2 Å². The van der Waals surface area contributed by atoms with Crippen LogP contribution in [-0.4, -0.2) is 26.5 Å². The van der Waals surface area contributed by atoms with E-state index in [2.05, 4.69) is 4.72 Å². The van der Waals surface area contributed by atoms with Gasteiger partial charge in [-0.3, -0.25) is 4.55 Å². The molecule has 0 saturated heterocycles. The van der Waals surface area contributed by atoms with Crippen molar-refractivity contribution >= 4 is 11.3 Å². The number of aliphatic hydroxyl groups excluding tert-OH is 1. The predicted octanol–water partition coefficient (Wildman–Crippen LogP) is 0.264. The molecule has 2 atom stereocenters. The fourth-order valence-corrected chi connectivity index (χ4v) is 1.43. The van der Waals surface area contributed by atoms with Gasteiger partial charge < -0.3 is 5.11 Å². The molecule has 4 nitrogen and oxygen atoms in total. The minimum absolute atomic E-state index is 0.0455. The van der Waals surface area contributed by atoms with Crippen molar-refractivity contribution in [1.29, 1.82) is 0 Å². The van der Waals surface area contributed by atoms with Crippen molar-refractivity contribution in [3.63, 3.8) is 0 Å². The molecule has 0 spiro atoms. The van der Waals surface area contributed by atoms with Crippen LogP contribution >= 0.6 is 0 Å². The molecule has 0 aromatic heterocycles. The largest absolute Gasteiger partial charge is 0.396 e. The van der Waals surface area contributed by atoms with Crippen LogP contribution in [0.25, 0.3) is 0 Å². The van der Waals surface area contributed by atoms with Gasteiger partial charge in [-0.25, -0.2) is 8.93 Å². The van der Waals surface area contributed by atoms with Crippen molar-refractivity contribution in [1.82, 2.24) is 4.72 Å². The van der Waals surface area contributed by atoms with Gasteiger partial charge >= 0.3 is 0 Å². The monoisotopic (exact) mass is 181 g/mol. The number of rotatable bonds is 6. The Morgan fingerprint density at radius 3 is 2.55 bits per heavy atom. The first kappa shape index (κ1) is 11.0. The summed E-state index contributed by atoms with van der Waals surface area (Å²) in [5.74, 6) is 0. The fourth-order valence-electron chi connectivity index (χ4n) is 0.909. The standard InChI is InChI=1S/C6H15NO3S/c1-2-3-6(4-5-8)7-11(9)10/h6-8H,2-5H2,1H3,(H,9,10). The molecule has 0 radical (unpaired) electrons. The highest BCUT2D eigenvalue weighted by atomic mass is 32.2. The first-order valence-electron chi connectivity index (χ1n) is 3.68. The van der Waals surface area contributed by atoms with Crippen LogP contribution in [0.5, 0.6) is 0 Å². The highest BCUT2D eigenvalue weighted by Gasteiger charge is 2.07. The highest BCUT2D eigenvalue weighted by Crippen LogP contribution is 2.00. The van der Waals surface area contributed by atoms with Crippen molar-refractivity contribution in [2.75, 3.05) is 6.61 Å². The van der Waals surface area contributed by atoms with E-state index in [4.69, 9.17) is 9.66 Å². The lowest BCUT2D eigenvalue weighted by Gasteiger charge is -2.12. The second-order valence-electron chi connectivity index (χ2n) is 2.36. The van der Waals surface area contributed by atoms with Gasteiger partial charge in [0, 0.05) is 12.6 Å². The van der Waals surface area contributed by atoms with E-state index in [0.717, 1.165) is 12.8 Å². The van der Waals surface area contributed by atoms with Gasteiger partial charge in [0.05, 0.1) is 0 Å². The van der Waals surface area contributed by atoms with Gasteiger partial charge in [-0.1, -0.05) is 13.3 Å². The number of aliphatic hydroxyl groups is 1. The van der Waals surface area contributed by atoms with E-state index in [9.17, 15) is 4.21 Å². The topological polar surface area (TPSA) is 69.6 Å². The van der Waals surface area contributed by atoms with E-state index in [-0.39, 0.29) is 12.6 Å². The maximum atomic E-state index is 10.3. The number of hydrogen-bond acceptors (Lipinski definition) is 2. The van der Waals surface area contributed by atoms with Crippen molar-refractivity contribution in [3.8, 4) is 0 Å². The Morgan fingerprint density at radius 1 is 1.55 bits per heavy atom. The molecule has 0 fully saturated rings. The summed E-state index contributed by atoms with van der Waals surface area (Å²) < 4.78 is 21.2. The first-order chi connectivity index (χ1) is 5.20. The summed E-state index contributed by atoms with van der Waals surface area (Å²) in [7, 11) is 0. The summed E-state index contributed by atoms with van der Waals surface area (Å²) in [6, 6.07) is -0.0455. The van der Waals surface area contributed by atoms with Gasteiger partial charge in [-0.05, 0) is 12.8 Å². The minimum atomic E-state index is -1.96. The normalized spacial score (nSPS) is 16.3. The molecular formula is C6H15NO3S. The van der Waals surface area contributed by atoms with E-state index < -0.39 is 11.3 Å². The molecule has 68 valence electrons. The quantitative estimate of drug-likeness (QED) is 0.515. The second-order valence-corrected chi connectivity index (χ2v) is 3.10. The molecule has 0 rings (SSSR count). The summed E-state index contributed by atoms with van der Waals surface area (Å²) in [5.41, 5.74) is 0. The minimum Gasteiger partial charge on any atom is -0.396 e. The fraction of sp³-hybridized carbons (Fsp3) is 1.00. The summed E-state index contributed by atoms with van der Waals surface area (Å²) in [6.07, 6.45) is 2.28. The first-order valence-corrected chi connectivity index (χ1v) is 4.79. The third-order valence-electron chi connectivity index (χ3n) is 1.38. The van der Waals surface area contributed by atoms with E-state index in [1.54, 1.807) is 0 Å². The smallest absolute Gasteiger partial charge is 0.231 e. The average molecular weight is 181 g/mol. The molecule has 0 aromatic rings. The van der Waals surface area contributed by atoms with Crippen LogP contribution in [0.2, 0.25) is 0 Å².